The van der Waals surface area contributed by atoms with Crippen LogP contribution in [0.25, 0.3) is 11.0 Å². The Morgan fingerprint density at radius 3 is 2.68 bits per heavy atom. The highest BCUT2D eigenvalue weighted by atomic mass is 19.1. The van der Waals surface area contributed by atoms with Crippen LogP contribution in [0.5, 0.6) is 0 Å². The van der Waals surface area contributed by atoms with Gasteiger partial charge in [0.15, 0.2) is 5.82 Å². The Labute approximate surface area is 181 Å². The first-order valence-corrected chi connectivity index (χ1v) is 10.5. The Kier molecular flexibility index (Phi) is 5.56. The fourth-order valence-electron chi connectivity index (χ4n) is 3.91. The zero-order chi connectivity index (χ0) is 22.2. The third kappa shape index (κ3) is 4.62. The van der Waals surface area contributed by atoms with Crippen LogP contribution < -0.4 is 5.32 Å². The summed E-state index contributed by atoms with van der Waals surface area (Å²) in [6, 6.07) is 5.04. The lowest BCUT2D eigenvalue weighted by molar-refractivity contribution is 0.0205. The van der Waals surface area contributed by atoms with Gasteiger partial charge in [0.2, 0.25) is 0 Å². The molecule has 0 radical (unpaired) electrons. The molecule has 1 saturated heterocycles. The van der Waals surface area contributed by atoms with Gasteiger partial charge in [-0.2, -0.15) is 0 Å². The zero-order valence-corrected chi connectivity index (χ0v) is 18.3. The Hall–Kier alpha value is -3.16. The number of ether oxygens (including phenoxy) is 1. The van der Waals surface area contributed by atoms with Gasteiger partial charge in [-0.1, -0.05) is 6.07 Å². The summed E-state index contributed by atoms with van der Waals surface area (Å²) in [5, 5.41) is 3.08. The number of nitrogens with one attached hydrogen (secondary N) is 2. The van der Waals surface area contributed by atoms with E-state index in [2.05, 4.69) is 20.3 Å². The number of carbonyl (C=O) groups excluding carboxylic acids is 1. The molecule has 2 N–H and O–H groups in total. The van der Waals surface area contributed by atoms with E-state index in [1.54, 1.807) is 11.0 Å². The van der Waals surface area contributed by atoms with Crippen molar-refractivity contribution in [2.75, 3.05) is 18.4 Å². The maximum atomic E-state index is 14.3. The lowest BCUT2D eigenvalue weighted by Crippen LogP contribution is -2.41. The first kappa shape index (κ1) is 21.1. The number of hydrogen-bond donors (Lipinski definition) is 2. The maximum Gasteiger partial charge on any atom is 0.410 e. The van der Waals surface area contributed by atoms with Crippen LogP contribution in [0.4, 0.5) is 20.7 Å². The number of anilines is 2. The van der Waals surface area contributed by atoms with E-state index >= 15 is 0 Å². The normalized spacial score (nSPS) is 15.3. The number of hydrogen-bond acceptors (Lipinski definition) is 5. The van der Waals surface area contributed by atoms with Crippen LogP contribution in [-0.4, -0.2) is 44.6 Å². The molecule has 0 unspecified atom stereocenters. The van der Waals surface area contributed by atoms with Crippen molar-refractivity contribution in [1.82, 2.24) is 19.9 Å². The van der Waals surface area contributed by atoms with Gasteiger partial charge in [0.25, 0.3) is 0 Å². The highest BCUT2D eigenvalue weighted by Gasteiger charge is 2.29. The van der Waals surface area contributed by atoms with Crippen molar-refractivity contribution < 1.29 is 13.9 Å². The second kappa shape index (κ2) is 8.17. The number of fused-ring (bicyclic) bond motifs is 1. The fraction of sp³-hybridized carbons (Fsp3) is 0.435. The summed E-state index contributed by atoms with van der Waals surface area (Å²) < 4.78 is 19.8. The van der Waals surface area contributed by atoms with E-state index in [1.807, 2.05) is 40.0 Å². The minimum absolute atomic E-state index is 0.265. The maximum absolute atomic E-state index is 14.3. The van der Waals surface area contributed by atoms with E-state index < -0.39 is 5.60 Å². The van der Waals surface area contributed by atoms with Gasteiger partial charge in [-0.05, 0) is 69.7 Å². The predicted octanol–water partition coefficient (Wildman–Crippen LogP) is 5.26. The molecule has 1 fully saturated rings. The minimum Gasteiger partial charge on any atom is -0.444 e. The van der Waals surface area contributed by atoms with Crippen molar-refractivity contribution in [2.45, 2.75) is 52.1 Å². The van der Waals surface area contributed by atoms with Crippen LogP contribution in [0, 0.1) is 12.7 Å². The van der Waals surface area contributed by atoms with E-state index in [4.69, 9.17) is 4.74 Å². The molecule has 1 amide bonds. The number of nitrogens with zero attached hydrogens (tertiary/aromatic N) is 3. The molecule has 3 aromatic rings. The third-order valence-electron chi connectivity index (χ3n) is 5.46. The average Bonchev–Trinajstić information content (AvgIpc) is 3.14. The number of halogens is 1. The highest BCUT2D eigenvalue weighted by Crippen LogP contribution is 2.35. The summed E-state index contributed by atoms with van der Waals surface area (Å²) in [4.78, 5) is 26.1. The van der Waals surface area contributed by atoms with Crippen LogP contribution in [0.15, 0.2) is 30.7 Å². The third-order valence-corrected chi connectivity index (χ3v) is 5.46. The highest BCUT2D eigenvalue weighted by molar-refractivity contribution is 5.90. The van der Waals surface area contributed by atoms with Crippen molar-refractivity contribution in [3.63, 3.8) is 0 Å². The van der Waals surface area contributed by atoms with Gasteiger partial charge >= 0.3 is 6.09 Å². The fourth-order valence-corrected chi connectivity index (χ4v) is 3.91. The van der Waals surface area contributed by atoms with E-state index in [1.165, 1.54) is 12.4 Å². The van der Waals surface area contributed by atoms with E-state index in [0.29, 0.717) is 24.6 Å². The second-order valence-electron chi connectivity index (χ2n) is 9.04. The Morgan fingerprint density at radius 2 is 2.00 bits per heavy atom. The molecule has 2 aromatic heterocycles. The summed E-state index contributed by atoms with van der Waals surface area (Å²) in [6.07, 6.45) is 4.82. The number of likely N-dealkylation sites (tertiary alicyclic amines) is 1. The molecule has 1 aliphatic heterocycles. The molecule has 0 bridgehead atoms. The summed E-state index contributed by atoms with van der Waals surface area (Å²) >= 11 is 0. The van der Waals surface area contributed by atoms with Gasteiger partial charge < -0.3 is 19.9 Å². The molecule has 0 spiro atoms. The number of H-pyrrole nitrogens is 1. The lowest BCUT2D eigenvalue weighted by atomic mass is 9.90. The number of benzene rings is 1. The molecule has 1 aromatic carbocycles. The van der Waals surface area contributed by atoms with Crippen molar-refractivity contribution in [3.05, 3.63) is 47.7 Å². The SMILES string of the molecule is Cc1ccc(Nc2ncnc3c(C4CCN(C(=O)OC(C)(C)C)CC4)c[nH]c23)c(F)c1. The molecule has 1 aliphatic rings. The number of rotatable bonds is 3. The molecule has 0 saturated carbocycles. The Bertz CT molecular complexity index is 1100. The summed E-state index contributed by atoms with van der Waals surface area (Å²) in [5.41, 5.74) is 3.38. The number of piperidine rings is 1. The minimum atomic E-state index is -0.498. The molecule has 164 valence electrons. The number of aryl methyl sites for hydroxylation is 1. The lowest BCUT2D eigenvalue weighted by Gasteiger charge is -2.33. The molecule has 0 atom stereocenters. The van der Waals surface area contributed by atoms with Crippen LogP contribution in [0.2, 0.25) is 0 Å². The number of aromatic amines is 1. The van der Waals surface area contributed by atoms with Crippen LogP contribution in [0.1, 0.15) is 50.7 Å². The molecule has 7 nitrogen and oxygen atoms in total. The van der Waals surface area contributed by atoms with Crippen LogP contribution >= 0.6 is 0 Å². The van der Waals surface area contributed by atoms with E-state index in [-0.39, 0.29) is 17.8 Å². The smallest absolute Gasteiger partial charge is 0.410 e. The van der Waals surface area contributed by atoms with E-state index in [9.17, 15) is 9.18 Å². The quantitative estimate of drug-likeness (QED) is 0.598. The largest absolute Gasteiger partial charge is 0.444 e. The van der Waals surface area contributed by atoms with E-state index in [0.717, 1.165) is 35.0 Å². The van der Waals surface area contributed by atoms with Crippen molar-refractivity contribution in [2.24, 2.45) is 0 Å². The monoisotopic (exact) mass is 425 g/mol. The molecular formula is C23H28FN5O2. The van der Waals surface area contributed by atoms with Crippen molar-refractivity contribution in [3.8, 4) is 0 Å². The van der Waals surface area contributed by atoms with Crippen LogP contribution in [-0.2, 0) is 4.74 Å². The van der Waals surface area contributed by atoms with Gasteiger partial charge in [-0.3, -0.25) is 0 Å². The van der Waals surface area contributed by atoms with Gasteiger partial charge in [-0.25, -0.2) is 19.2 Å². The molecular weight excluding hydrogens is 397 g/mol. The van der Waals surface area contributed by atoms with Crippen molar-refractivity contribution in [1.29, 1.82) is 0 Å². The molecule has 31 heavy (non-hydrogen) atoms. The Balaban J connectivity index is 1.50. The summed E-state index contributed by atoms with van der Waals surface area (Å²) in [6.45, 7) is 8.74. The Morgan fingerprint density at radius 1 is 1.26 bits per heavy atom. The van der Waals surface area contributed by atoms with Gasteiger partial charge in [0, 0.05) is 19.3 Å². The summed E-state index contributed by atoms with van der Waals surface area (Å²) in [7, 11) is 0. The topological polar surface area (TPSA) is 83.1 Å². The number of aromatic nitrogens is 3. The zero-order valence-electron chi connectivity index (χ0n) is 18.3. The average molecular weight is 426 g/mol. The van der Waals surface area contributed by atoms with Gasteiger partial charge in [0.1, 0.15) is 23.3 Å². The number of carbonyl (C=O) groups is 1. The first-order chi connectivity index (χ1) is 14.7. The summed E-state index contributed by atoms with van der Waals surface area (Å²) in [5.74, 6) is 0.476. The predicted molar refractivity (Wildman–Crippen MR) is 118 cm³/mol. The standard InChI is InChI=1S/C23H28FN5O2/c1-14-5-6-18(17(24)11-14)28-21-20-19(26-13-27-21)16(12-25-20)15-7-9-29(10-8-15)22(30)31-23(2,3)4/h5-6,11-13,15,25H,7-10H2,1-4H3,(H,26,27,28). The van der Waals surface area contributed by atoms with Gasteiger partial charge in [0.05, 0.1) is 11.2 Å². The number of amides is 1. The second-order valence-corrected chi connectivity index (χ2v) is 9.04. The van der Waals surface area contributed by atoms with Crippen LogP contribution in [0.3, 0.4) is 0 Å². The first-order valence-electron chi connectivity index (χ1n) is 10.5. The molecule has 8 heteroatoms. The van der Waals surface area contributed by atoms with Crippen molar-refractivity contribution >= 4 is 28.6 Å². The molecule has 4 rings (SSSR count). The molecule has 0 aliphatic carbocycles. The van der Waals surface area contributed by atoms with Gasteiger partial charge in [-0.15, -0.1) is 0 Å². The molecule has 3 heterocycles.